The zero-order valence-electron chi connectivity index (χ0n) is 17.2. The Morgan fingerprint density at radius 3 is 1.88 bits per heavy atom. The Morgan fingerprint density at radius 2 is 1.25 bits per heavy atom. The van der Waals surface area contributed by atoms with E-state index in [0.717, 1.165) is 28.5 Å². The van der Waals surface area contributed by atoms with Gasteiger partial charge in [-0.15, -0.1) is 0 Å². The van der Waals surface area contributed by atoms with E-state index in [2.05, 4.69) is 45.2 Å². The molecule has 5 heteroatoms. The van der Waals surface area contributed by atoms with Gasteiger partial charge in [0.2, 0.25) is 0 Å². The van der Waals surface area contributed by atoms with Gasteiger partial charge in [-0.2, -0.15) is 0 Å². The van der Waals surface area contributed by atoms with Crippen molar-refractivity contribution in [1.29, 1.82) is 0 Å². The van der Waals surface area contributed by atoms with Crippen LogP contribution in [0.1, 0.15) is 11.1 Å². The van der Waals surface area contributed by atoms with Gasteiger partial charge < -0.3 is 0 Å². The van der Waals surface area contributed by atoms with Crippen molar-refractivity contribution in [1.82, 2.24) is 0 Å². The summed E-state index contributed by atoms with van der Waals surface area (Å²) in [5.41, 5.74) is 1.87. The van der Waals surface area contributed by atoms with Crippen molar-refractivity contribution in [2.45, 2.75) is 0 Å². The number of benzene rings is 4. The molecule has 0 spiro atoms. The van der Waals surface area contributed by atoms with Crippen molar-refractivity contribution >= 4 is 54.3 Å². The van der Waals surface area contributed by atoms with E-state index in [-0.39, 0.29) is 0 Å². The Kier molecular flexibility index (Phi) is 6.14. The molecular weight excluding hydrogens is 569 g/mol. The maximum absolute atomic E-state index is 7.03. The van der Waals surface area contributed by atoms with Crippen LogP contribution in [0.25, 0.3) is 5.76 Å². The second-order valence-corrected chi connectivity index (χ2v) is 16.3. The molecule has 0 bridgehead atoms. The van der Waals surface area contributed by atoms with Crippen LogP contribution in [0.2, 0.25) is 0 Å². The Bertz CT molecular complexity index is 1240. The quantitative estimate of drug-likeness (QED) is 0.295. The van der Waals surface area contributed by atoms with Crippen LogP contribution in [0.15, 0.2) is 125 Å². The van der Waals surface area contributed by atoms with Crippen molar-refractivity contribution in [2.75, 3.05) is 0 Å². The number of halogens is 1. The van der Waals surface area contributed by atoms with Crippen molar-refractivity contribution in [3.63, 3.8) is 0 Å². The molecule has 1 heterocycles. The molecule has 0 amide bonds. The van der Waals surface area contributed by atoms with Crippen LogP contribution < -0.4 is 10.2 Å². The molecule has 32 heavy (non-hydrogen) atoms. The molecule has 0 atom stereocenters. The summed E-state index contributed by atoms with van der Waals surface area (Å²) in [6.07, 6.45) is 3.62. The first-order valence-corrected chi connectivity index (χ1v) is 16.3. The Labute approximate surface area is 201 Å². The van der Waals surface area contributed by atoms with Crippen molar-refractivity contribution < 1.29 is 6.15 Å². The minimum atomic E-state index is -4.25. The molecule has 0 unspecified atom stereocenters. The third kappa shape index (κ3) is 4.25. The predicted molar refractivity (Wildman–Crippen MR) is 136 cm³/mol. The van der Waals surface area contributed by atoms with Crippen LogP contribution in [0.4, 0.5) is 0 Å². The summed E-state index contributed by atoms with van der Waals surface area (Å²) in [4.78, 5) is 4.60. The van der Waals surface area contributed by atoms with Gasteiger partial charge >= 0.3 is 202 Å². The van der Waals surface area contributed by atoms with Crippen LogP contribution >= 0.6 is 15.9 Å². The number of fused-ring (bicyclic) bond motifs is 1. The molecule has 0 radical (unpaired) electrons. The maximum atomic E-state index is 7.03. The summed E-state index contributed by atoms with van der Waals surface area (Å²) in [6.45, 7) is 0. The molecule has 0 aromatic heterocycles. The van der Waals surface area contributed by atoms with Crippen LogP contribution in [-0.4, -0.2) is 25.4 Å². The van der Waals surface area contributed by atoms with Gasteiger partial charge in [-0.3, -0.25) is 0 Å². The van der Waals surface area contributed by atoms with E-state index in [0.29, 0.717) is 5.76 Å². The molecule has 0 fully saturated rings. The normalized spacial score (nSPS) is 16.2. The number of hydrogen-bond donors (Lipinski definition) is 0. The fourth-order valence-corrected chi connectivity index (χ4v) is 12.9. The molecule has 0 aliphatic carbocycles. The predicted octanol–water partition coefficient (Wildman–Crippen LogP) is 5.53. The topological polar surface area (TPSA) is 30.8 Å². The van der Waals surface area contributed by atoms with Crippen LogP contribution in [-0.2, 0) is 3.07 Å². The first-order valence-electron chi connectivity index (χ1n) is 10.3. The summed E-state index contributed by atoms with van der Waals surface area (Å²) in [5.74, 6) is 1.47. The zero-order chi connectivity index (χ0) is 21.8. The van der Waals surface area contributed by atoms with Crippen molar-refractivity contribution in [3.05, 3.63) is 131 Å². The van der Waals surface area contributed by atoms with Crippen LogP contribution in [0.5, 0.6) is 5.75 Å². The summed E-state index contributed by atoms with van der Waals surface area (Å²) in [7, 11) is 0. The fraction of sp³-hybridized carbons (Fsp3) is 0. The van der Waals surface area contributed by atoms with Gasteiger partial charge in [-0.05, 0) is 0 Å². The van der Waals surface area contributed by atoms with E-state index in [4.69, 9.17) is 6.15 Å². The molecule has 4 aromatic carbocycles. The SMILES string of the molecule is Brc1ccc2c(c1)C=N/C=C(/c1ccccc1)[O][Sn]([c]1ccccc1)([c]1ccccc1)[O]2. The molecule has 5 rings (SSSR count). The third-order valence-corrected chi connectivity index (χ3v) is 14.9. The molecular formula is C27H20BrNO2Sn. The standard InChI is InChI=1S/C15H12BrNO2.2C6H5.Sn/c16-13-6-7-14(18)12(8-13)9-17-10-15(19)11-4-2-1-3-5-11;2*1-2-4-6-5-3-1;/h1-10,18-19H;2*1-5H;/q;;;+2/p-2/b15-10-,17-9?;;;. The van der Waals surface area contributed by atoms with Gasteiger partial charge in [0.15, 0.2) is 0 Å². The molecule has 0 saturated carbocycles. The number of hydrogen-bond acceptors (Lipinski definition) is 3. The molecule has 1 aliphatic heterocycles. The first kappa shape index (κ1) is 21.0. The van der Waals surface area contributed by atoms with E-state index < -0.39 is 19.2 Å². The average molecular weight is 589 g/mol. The summed E-state index contributed by atoms with van der Waals surface area (Å²) in [5, 5.41) is 0. The minimum absolute atomic E-state index is 0.706. The van der Waals surface area contributed by atoms with Crippen LogP contribution in [0.3, 0.4) is 0 Å². The summed E-state index contributed by atoms with van der Waals surface area (Å²) in [6, 6.07) is 36.7. The third-order valence-electron chi connectivity index (χ3n) is 5.25. The van der Waals surface area contributed by atoms with Gasteiger partial charge in [0.1, 0.15) is 0 Å². The van der Waals surface area contributed by atoms with E-state index in [1.165, 1.54) is 0 Å². The monoisotopic (exact) mass is 589 g/mol. The van der Waals surface area contributed by atoms with Gasteiger partial charge in [-0.1, -0.05) is 0 Å². The number of rotatable bonds is 3. The Hall–Kier alpha value is -2.83. The van der Waals surface area contributed by atoms with Gasteiger partial charge in [0, 0.05) is 0 Å². The molecule has 0 N–H and O–H groups in total. The van der Waals surface area contributed by atoms with Crippen molar-refractivity contribution in [3.8, 4) is 5.75 Å². The average Bonchev–Trinajstić information content (AvgIpc) is 2.93. The van der Waals surface area contributed by atoms with Crippen LogP contribution in [0, 0.1) is 0 Å². The van der Waals surface area contributed by atoms with E-state index in [1.807, 2.05) is 91.1 Å². The van der Waals surface area contributed by atoms with Crippen molar-refractivity contribution in [2.24, 2.45) is 4.99 Å². The molecule has 156 valence electrons. The van der Waals surface area contributed by atoms with E-state index >= 15 is 0 Å². The molecule has 3 nitrogen and oxygen atoms in total. The first-order chi connectivity index (χ1) is 15.7. The number of aliphatic imine (C=N–C) groups is 1. The molecule has 1 aliphatic rings. The summed E-state index contributed by atoms with van der Waals surface area (Å²) >= 11 is -0.680. The second-order valence-electron chi connectivity index (χ2n) is 7.37. The molecule has 0 saturated heterocycles. The molecule has 4 aromatic rings. The second kappa shape index (κ2) is 9.35. The number of nitrogens with zero attached hydrogens (tertiary/aromatic N) is 1. The Morgan fingerprint density at radius 1 is 0.656 bits per heavy atom. The van der Waals surface area contributed by atoms with Gasteiger partial charge in [0.25, 0.3) is 0 Å². The van der Waals surface area contributed by atoms with E-state index in [1.54, 1.807) is 6.20 Å². The van der Waals surface area contributed by atoms with Gasteiger partial charge in [-0.25, -0.2) is 0 Å². The van der Waals surface area contributed by atoms with Gasteiger partial charge in [0.05, 0.1) is 0 Å². The zero-order valence-corrected chi connectivity index (χ0v) is 21.6. The van der Waals surface area contributed by atoms with E-state index in [9.17, 15) is 0 Å². The fourth-order valence-electron chi connectivity index (χ4n) is 3.71. The Balaban J connectivity index is 1.79. The summed E-state index contributed by atoms with van der Waals surface area (Å²) < 4.78 is 17.2.